The number of hydrogen-bond acceptors (Lipinski definition) is 4. The van der Waals surface area contributed by atoms with Crippen LogP contribution in [-0.4, -0.2) is 41.6 Å². The molecule has 1 aromatic heterocycles. The molecule has 1 aromatic rings. The van der Waals surface area contributed by atoms with Crippen LogP contribution in [0.15, 0.2) is 0 Å². The first-order valence-corrected chi connectivity index (χ1v) is 10.2. The molecule has 24 heavy (non-hydrogen) atoms. The highest BCUT2D eigenvalue weighted by molar-refractivity contribution is 7.11. The molecule has 0 radical (unpaired) electrons. The van der Waals surface area contributed by atoms with Crippen LogP contribution in [0.5, 0.6) is 0 Å². The molecule has 1 saturated heterocycles. The minimum Gasteiger partial charge on any atom is -0.337 e. The van der Waals surface area contributed by atoms with E-state index >= 15 is 0 Å². The Morgan fingerprint density at radius 3 is 2.96 bits per heavy atom. The number of aryl methyl sites for hydroxylation is 2. The van der Waals surface area contributed by atoms with Gasteiger partial charge in [0.15, 0.2) is 0 Å². The average Bonchev–Trinajstić information content (AvgIpc) is 3.01. The number of nitrogens with zero attached hydrogens (tertiary/aromatic N) is 2. The summed E-state index contributed by atoms with van der Waals surface area (Å²) < 4.78 is 0. The highest BCUT2D eigenvalue weighted by Crippen LogP contribution is 2.29. The minimum absolute atomic E-state index is 0.0190. The number of thiazole rings is 1. The maximum atomic E-state index is 12.1. The second kappa shape index (κ2) is 8.30. The van der Waals surface area contributed by atoms with E-state index in [9.17, 15) is 4.79 Å². The molecule has 2 amide bonds. The molecule has 0 aromatic carbocycles. The third-order valence-corrected chi connectivity index (χ3v) is 6.55. The van der Waals surface area contributed by atoms with Gasteiger partial charge < -0.3 is 10.6 Å². The van der Waals surface area contributed by atoms with Crippen LogP contribution in [0.25, 0.3) is 0 Å². The molecule has 0 spiro atoms. The maximum absolute atomic E-state index is 12.1. The van der Waals surface area contributed by atoms with Crippen LogP contribution in [-0.2, 0) is 12.8 Å². The lowest BCUT2D eigenvalue weighted by Gasteiger charge is -2.33. The Labute approximate surface area is 149 Å². The number of hydrogen-bond donors (Lipinski definition) is 2. The zero-order chi connectivity index (χ0) is 16.9. The van der Waals surface area contributed by atoms with E-state index in [1.165, 1.54) is 42.7 Å². The van der Waals surface area contributed by atoms with Gasteiger partial charge in [0.25, 0.3) is 0 Å². The lowest BCUT2D eigenvalue weighted by atomic mass is 10.0. The maximum Gasteiger partial charge on any atom is 0.315 e. The SMILES string of the molecule is C[C@H](NC(=O)NCCN1CCCC[C@H]1C)c1nc2c(s1)CCCC2. The molecular weight excluding hydrogens is 320 g/mol. The van der Waals surface area contributed by atoms with Crippen molar-refractivity contribution in [3.63, 3.8) is 0 Å². The fourth-order valence-electron chi connectivity index (χ4n) is 3.67. The van der Waals surface area contributed by atoms with Crippen LogP contribution in [0.4, 0.5) is 4.79 Å². The second-order valence-corrected chi connectivity index (χ2v) is 8.25. The Balaban J connectivity index is 1.42. The van der Waals surface area contributed by atoms with E-state index in [1.54, 1.807) is 11.3 Å². The summed E-state index contributed by atoms with van der Waals surface area (Å²) in [6.45, 7) is 7.11. The summed E-state index contributed by atoms with van der Waals surface area (Å²) in [7, 11) is 0. The van der Waals surface area contributed by atoms with Crippen LogP contribution < -0.4 is 10.6 Å². The third kappa shape index (κ3) is 4.48. The van der Waals surface area contributed by atoms with E-state index in [0.717, 1.165) is 30.9 Å². The summed E-state index contributed by atoms with van der Waals surface area (Å²) in [5.41, 5.74) is 1.26. The van der Waals surface area contributed by atoms with Gasteiger partial charge in [-0.3, -0.25) is 4.90 Å². The predicted octanol–water partition coefficient (Wildman–Crippen LogP) is 3.26. The first-order chi connectivity index (χ1) is 11.6. The van der Waals surface area contributed by atoms with Crippen LogP contribution >= 0.6 is 11.3 Å². The van der Waals surface area contributed by atoms with E-state index in [0.29, 0.717) is 12.6 Å². The number of carbonyl (C=O) groups is 1. The fourth-order valence-corrected chi connectivity index (χ4v) is 4.83. The zero-order valence-corrected chi connectivity index (χ0v) is 15.8. The number of carbonyl (C=O) groups excluding carboxylic acids is 1. The van der Waals surface area contributed by atoms with Gasteiger partial charge in [-0.25, -0.2) is 9.78 Å². The van der Waals surface area contributed by atoms with E-state index in [4.69, 9.17) is 4.98 Å². The van der Waals surface area contributed by atoms with Crippen molar-refractivity contribution < 1.29 is 4.79 Å². The van der Waals surface area contributed by atoms with Crippen molar-refractivity contribution >= 4 is 17.4 Å². The first-order valence-electron chi connectivity index (χ1n) is 9.40. The van der Waals surface area contributed by atoms with E-state index < -0.39 is 0 Å². The number of rotatable bonds is 5. The highest BCUT2D eigenvalue weighted by atomic mass is 32.1. The number of nitrogens with one attached hydrogen (secondary N) is 2. The highest BCUT2D eigenvalue weighted by Gasteiger charge is 2.20. The van der Waals surface area contributed by atoms with Gasteiger partial charge >= 0.3 is 6.03 Å². The summed E-state index contributed by atoms with van der Waals surface area (Å²) in [6, 6.07) is 0.541. The van der Waals surface area contributed by atoms with Crippen molar-refractivity contribution in [3.05, 3.63) is 15.6 Å². The number of amides is 2. The molecule has 2 atom stereocenters. The molecule has 2 N–H and O–H groups in total. The molecule has 2 heterocycles. The average molecular weight is 351 g/mol. The Morgan fingerprint density at radius 2 is 2.17 bits per heavy atom. The van der Waals surface area contributed by atoms with Gasteiger partial charge in [0, 0.05) is 24.0 Å². The quantitative estimate of drug-likeness (QED) is 0.857. The van der Waals surface area contributed by atoms with Crippen molar-refractivity contribution in [1.82, 2.24) is 20.5 Å². The number of aromatic nitrogens is 1. The molecule has 0 unspecified atom stereocenters. The predicted molar refractivity (Wildman–Crippen MR) is 98.6 cm³/mol. The van der Waals surface area contributed by atoms with Crippen molar-refractivity contribution in [2.75, 3.05) is 19.6 Å². The number of urea groups is 1. The lowest BCUT2D eigenvalue weighted by Crippen LogP contribution is -2.44. The molecule has 5 nitrogen and oxygen atoms in total. The Bertz CT molecular complexity index is 536. The normalized spacial score (nSPS) is 22.7. The Morgan fingerprint density at radius 1 is 1.33 bits per heavy atom. The summed E-state index contributed by atoms with van der Waals surface area (Å²) in [6.07, 6.45) is 8.65. The molecule has 6 heteroatoms. The van der Waals surface area contributed by atoms with Gasteiger partial charge in [-0.2, -0.15) is 0 Å². The van der Waals surface area contributed by atoms with Crippen molar-refractivity contribution in [2.45, 2.75) is 70.9 Å². The van der Waals surface area contributed by atoms with Gasteiger partial charge in [-0.1, -0.05) is 6.42 Å². The standard InChI is InChI=1S/C18H30N4OS/c1-13-7-5-6-11-22(13)12-10-19-18(23)20-14(2)17-21-15-8-3-4-9-16(15)24-17/h13-14H,3-12H2,1-2H3,(H2,19,20,23)/t13-,14+/m1/s1. The van der Waals surface area contributed by atoms with Crippen LogP contribution in [0.3, 0.4) is 0 Å². The third-order valence-electron chi connectivity index (χ3n) is 5.21. The molecule has 1 fully saturated rings. The molecule has 2 aliphatic rings. The molecule has 0 saturated carbocycles. The number of fused-ring (bicyclic) bond motifs is 1. The van der Waals surface area contributed by atoms with E-state index in [-0.39, 0.29) is 12.1 Å². The van der Waals surface area contributed by atoms with Gasteiger partial charge in [0.05, 0.1) is 11.7 Å². The van der Waals surface area contributed by atoms with Gasteiger partial charge in [-0.05, 0) is 58.9 Å². The Hall–Kier alpha value is -1.14. The second-order valence-electron chi connectivity index (χ2n) is 7.13. The van der Waals surface area contributed by atoms with E-state index in [2.05, 4.69) is 22.5 Å². The summed E-state index contributed by atoms with van der Waals surface area (Å²) in [4.78, 5) is 20.8. The van der Waals surface area contributed by atoms with Crippen molar-refractivity contribution in [1.29, 1.82) is 0 Å². The Kier molecular flexibility index (Phi) is 6.11. The number of piperidine rings is 1. The zero-order valence-electron chi connectivity index (χ0n) is 14.9. The largest absolute Gasteiger partial charge is 0.337 e. The molecule has 1 aliphatic carbocycles. The molecule has 134 valence electrons. The van der Waals surface area contributed by atoms with Crippen molar-refractivity contribution in [3.8, 4) is 0 Å². The summed E-state index contributed by atoms with van der Waals surface area (Å²) in [5.74, 6) is 0. The molecular formula is C18H30N4OS. The monoisotopic (exact) mass is 350 g/mol. The van der Waals surface area contributed by atoms with Crippen molar-refractivity contribution in [2.24, 2.45) is 0 Å². The van der Waals surface area contributed by atoms with Gasteiger partial charge in [-0.15, -0.1) is 11.3 Å². The van der Waals surface area contributed by atoms with Crippen LogP contribution in [0.2, 0.25) is 0 Å². The lowest BCUT2D eigenvalue weighted by molar-refractivity contribution is 0.161. The smallest absolute Gasteiger partial charge is 0.315 e. The molecule has 3 rings (SSSR count). The minimum atomic E-state index is -0.0830. The summed E-state index contributed by atoms with van der Waals surface area (Å²) in [5, 5.41) is 7.07. The van der Waals surface area contributed by atoms with Gasteiger partial charge in [0.1, 0.15) is 5.01 Å². The molecule has 0 bridgehead atoms. The number of likely N-dealkylation sites (tertiary alicyclic amines) is 1. The van der Waals surface area contributed by atoms with Crippen LogP contribution in [0, 0.1) is 0 Å². The summed E-state index contributed by atoms with van der Waals surface area (Å²) >= 11 is 1.77. The van der Waals surface area contributed by atoms with Gasteiger partial charge in [0.2, 0.25) is 0 Å². The first kappa shape index (κ1) is 17.7. The van der Waals surface area contributed by atoms with E-state index in [1.807, 2.05) is 6.92 Å². The topological polar surface area (TPSA) is 57.3 Å². The van der Waals surface area contributed by atoms with Crippen LogP contribution in [0.1, 0.15) is 67.6 Å². The molecule has 1 aliphatic heterocycles. The fraction of sp³-hybridized carbons (Fsp3) is 0.778.